The van der Waals surface area contributed by atoms with Gasteiger partial charge in [0.2, 0.25) is 0 Å². The highest BCUT2D eigenvalue weighted by molar-refractivity contribution is 6.06. The number of rotatable bonds is 4. The average Bonchev–Trinajstić information content (AvgIpc) is 2.62. The zero-order valence-corrected chi connectivity index (χ0v) is 13.1. The van der Waals surface area contributed by atoms with Gasteiger partial charge < -0.3 is 16.9 Å². The average molecular weight is 318 g/mol. The standard InChI is InChI=1S/C19H18N4O/c20-11-13-2-7-18(8-3-13)23-19(24)17-6-5-15-9-14(12-22-21)1-4-16(15)10-17/h1-10,12H,11,20-21H2,(H,23,24). The Morgan fingerprint density at radius 1 is 1.00 bits per heavy atom. The summed E-state index contributed by atoms with van der Waals surface area (Å²) in [4.78, 5) is 12.4. The van der Waals surface area contributed by atoms with Crippen molar-refractivity contribution in [2.24, 2.45) is 16.7 Å². The molecular formula is C19H18N4O. The number of amides is 1. The van der Waals surface area contributed by atoms with E-state index in [1.165, 1.54) is 0 Å². The number of hydrazone groups is 1. The second kappa shape index (κ2) is 6.93. The van der Waals surface area contributed by atoms with Crippen molar-refractivity contribution in [3.8, 4) is 0 Å². The maximum Gasteiger partial charge on any atom is 0.255 e. The highest BCUT2D eigenvalue weighted by Gasteiger charge is 2.07. The van der Waals surface area contributed by atoms with Crippen LogP contribution in [0.5, 0.6) is 0 Å². The predicted molar refractivity (Wildman–Crippen MR) is 98.0 cm³/mol. The third-order valence-corrected chi connectivity index (χ3v) is 3.80. The molecule has 0 bridgehead atoms. The Bertz CT molecular complexity index is 901. The molecule has 0 heterocycles. The first-order valence-electron chi connectivity index (χ1n) is 7.57. The van der Waals surface area contributed by atoms with Crippen LogP contribution in [0.3, 0.4) is 0 Å². The molecule has 5 heteroatoms. The van der Waals surface area contributed by atoms with E-state index in [0.29, 0.717) is 12.1 Å². The molecule has 0 aliphatic heterocycles. The van der Waals surface area contributed by atoms with Crippen molar-refractivity contribution < 1.29 is 4.79 Å². The van der Waals surface area contributed by atoms with Crippen molar-refractivity contribution in [2.45, 2.75) is 6.54 Å². The summed E-state index contributed by atoms with van der Waals surface area (Å²) in [7, 11) is 0. The second-order valence-corrected chi connectivity index (χ2v) is 5.45. The van der Waals surface area contributed by atoms with E-state index in [4.69, 9.17) is 11.6 Å². The minimum Gasteiger partial charge on any atom is -0.326 e. The van der Waals surface area contributed by atoms with E-state index in [-0.39, 0.29) is 5.91 Å². The maximum atomic E-state index is 12.4. The number of hydrogen-bond donors (Lipinski definition) is 3. The molecule has 120 valence electrons. The van der Waals surface area contributed by atoms with Gasteiger partial charge in [0.25, 0.3) is 5.91 Å². The molecule has 0 unspecified atom stereocenters. The van der Waals surface area contributed by atoms with Crippen molar-refractivity contribution >= 4 is 28.6 Å². The molecule has 0 saturated heterocycles. The van der Waals surface area contributed by atoms with Gasteiger partial charge in [0.1, 0.15) is 0 Å². The first-order valence-corrected chi connectivity index (χ1v) is 7.57. The van der Waals surface area contributed by atoms with Gasteiger partial charge in [-0.05, 0) is 52.2 Å². The monoisotopic (exact) mass is 318 g/mol. The zero-order chi connectivity index (χ0) is 16.9. The molecular weight excluding hydrogens is 300 g/mol. The first-order chi connectivity index (χ1) is 11.7. The van der Waals surface area contributed by atoms with Gasteiger partial charge in [0.05, 0.1) is 6.21 Å². The number of nitrogens with one attached hydrogen (secondary N) is 1. The number of benzene rings is 3. The molecule has 0 aliphatic carbocycles. The highest BCUT2D eigenvalue weighted by atomic mass is 16.1. The second-order valence-electron chi connectivity index (χ2n) is 5.45. The number of carbonyl (C=O) groups is 1. The third kappa shape index (κ3) is 3.42. The molecule has 0 fully saturated rings. The lowest BCUT2D eigenvalue weighted by Crippen LogP contribution is -2.11. The van der Waals surface area contributed by atoms with E-state index in [9.17, 15) is 4.79 Å². The first kappa shape index (κ1) is 15.7. The molecule has 24 heavy (non-hydrogen) atoms. The Balaban J connectivity index is 1.82. The van der Waals surface area contributed by atoms with E-state index in [0.717, 1.165) is 27.6 Å². The summed E-state index contributed by atoms with van der Waals surface area (Å²) in [5, 5.41) is 8.42. The summed E-state index contributed by atoms with van der Waals surface area (Å²) in [6.45, 7) is 0.482. The fourth-order valence-corrected chi connectivity index (χ4v) is 2.50. The van der Waals surface area contributed by atoms with Crippen LogP contribution in [-0.4, -0.2) is 12.1 Å². The fourth-order valence-electron chi connectivity index (χ4n) is 2.50. The van der Waals surface area contributed by atoms with Crippen LogP contribution in [0.25, 0.3) is 10.8 Å². The smallest absolute Gasteiger partial charge is 0.255 e. The van der Waals surface area contributed by atoms with Crippen LogP contribution in [0, 0.1) is 0 Å². The van der Waals surface area contributed by atoms with Crippen LogP contribution in [0.15, 0.2) is 65.8 Å². The molecule has 0 spiro atoms. The van der Waals surface area contributed by atoms with E-state index >= 15 is 0 Å². The minimum absolute atomic E-state index is 0.148. The Labute approximate surface area is 140 Å². The van der Waals surface area contributed by atoms with Gasteiger partial charge in [-0.25, -0.2) is 0 Å². The summed E-state index contributed by atoms with van der Waals surface area (Å²) in [5.74, 6) is 5.02. The SMILES string of the molecule is NCc1ccc(NC(=O)c2ccc3cc(C=NN)ccc3c2)cc1. The van der Waals surface area contributed by atoms with Crippen LogP contribution in [0.4, 0.5) is 5.69 Å². The van der Waals surface area contributed by atoms with Crippen molar-refractivity contribution in [2.75, 3.05) is 5.32 Å². The van der Waals surface area contributed by atoms with E-state index in [1.54, 1.807) is 12.3 Å². The molecule has 3 aromatic rings. The molecule has 3 rings (SSSR count). The number of anilines is 1. The quantitative estimate of drug-likeness (QED) is 0.392. The lowest BCUT2D eigenvalue weighted by molar-refractivity contribution is 0.102. The van der Waals surface area contributed by atoms with E-state index in [1.807, 2.05) is 54.6 Å². The zero-order valence-electron chi connectivity index (χ0n) is 13.1. The van der Waals surface area contributed by atoms with Crippen molar-refractivity contribution in [1.29, 1.82) is 0 Å². The Morgan fingerprint density at radius 3 is 2.42 bits per heavy atom. The van der Waals surface area contributed by atoms with Gasteiger partial charge in [-0.15, -0.1) is 0 Å². The van der Waals surface area contributed by atoms with Gasteiger partial charge in [-0.3, -0.25) is 4.79 Å². The Kier molecular flexibility index (Phi) is 4.54. The predicted octanol–water partition coefficient (Wildman–Crippen LogP) is 2.84. The normalized spacial score (nSPS) is 11.0. The minimum atomic E-state index is -0.148. The van der Waals surface area contributed by atoms with Crippen LogP contribution in [-0.2, 0) is 6.54 Å². The summed E-state index contributed by atoms with van der Waals surface area (Å²) >= 11 is 0. The number of nitrogens with two attached hydrogens (primary N) is 2. The molecule has 0 atom stereocenters. The Hall–Kier alpha value is -3.18. The number of fused-ring (bicyclic) bond motifs is 1. The summed E-state index contributed by atoms with van der Waals surface area (Å²) in [5.41, 5.74) is 8.86. The van der Waals surface area contributed by atoms with Crippen LogP contribution < -0.4 is 16.9 Å². The third-order valence-electron chi connectivity index (χ3n) is 3.80. The van der Waals surface area contributed by atoms with Crippen LogP contribution >= 0.6 is 0 Å². The molecule has 1 amide bonds. The number of carbonyl (C=O) groups excluding carboxylic acids is 1. The topological polar surface area (TPSA) is 93.5 Å². The van der Waals surface area contributed by atoms with Gasteiger partial charge in [-0.1, -0.05) is 30.3 Å². The van der Waals surface area contributed by atoms with Gasteiger partial charge in [-0.2, -0.15) is 5.10 Å². The molecule has 0 aromatic heterocycles. The molecule has 5 nitrogen and oxygen atoms in total. The molecule has 5 N–H and O–H groups in total. The van der Waals surface area contributed by atoms with Crippen molar-refractivity contribution in [3.05, 3.63) is 77.4 Å². The van der Waals surface area contributed by atoms with E-state index < -0.39 is 0 Å². The Morgan fingerprint density at radius 2 is 1.71 bits per heavy atom. The number of nitrogens with zero attached hydrogens (tertiary/aromatic N) is 1. The van der Waals surface area contributed by atoms with Crippen molar-refractivity contribution in [3.63, 3.8) is 0 Å². The fraction of sp³-hybridized carbons (Fsp3) is 0.0526. The lowest BCUT2D eigenvalue weighted by Gasteiger charge is -2.07. The van der Waals surface area contributed by atoms with Crippen LogP contribution in [0.2, 0.25) is 0 Å². The van der Waals surface area contributed by atoms with Gasteiger partial charge >= 0.3 is 0 Å². The van der Waals surface area contributed by atoms with Crippen molar-refractivity contribution in [1.82, 2.24) is 0 Å². The lowest BCUT2D eigenvalue weighted by atomic mass is 10.0. The summed E-state index contributed by atoms with van der Waals surface area (Å²) in [6.07, 6.45) is 1.59. The van der Waals surface area contributed by atoms with Gasteiger partial charge in [0.15, 0.2) is 0 Å². The molecule has 0 radical (unpaired) electrons. The largest absolute Gasteiger partial charge is 0.326 e. The number of hydrogen-bond acceptors (Lipinski definition) is 4. The van der Waals surface area contributed by atoms with Gasteiger partial charge in [0, 0.05) is 17.8 Å². The molecule has 3 aromatic carbocycles. The molecule has 0 aliphatic rings. The summed E-state index contributed by atoms with van der Waals surface area (Å²) in [6, 6.07) is 18.9. The highest BCUT2D eigenvalue weighted by Crippen LogP contribution is 2.19. The molecule has 0 saturated carbocycles. The van der Waals surface area contributed by atoms with E-state index in [2.05, 4.69) is 10.4 Å². The van der Waals surface area contributed by atoms with Crippen LogP contribution in [0.1, 0.15) is 21.5 Å². The summed E-state index contributed by atoms with van der Waals surface area (Å²) < 4.78 is 0. The maximum absolute atomic E-state index is 12.4.